The van der Waals surface area contributed by atoms with Gasteiger partial charge in [0.15, 0.2) is 0 Å². The molecule has 16 heteroatoms. The van der Waals surface area contributed by atoms with Crippen LogP contribution in [-0.2, 0) is 25.5 Å². The van der Waals surface area contributed by atoms with Crippen molar-refractivity contribution in [2.45, 2.75) is 137 Å². The Morgan fingerprint density at radius 2 is 1.47 bits per heavy atom. The summed E-state index contributed by atoms with van der Waals surface area (Å²) in [7, 11) is 0. The molecule has 3 aliphatic heterocycles. The highest BCUT2D eigenvalue weighted by Crippen LogP contribution is 2.50. The molecule has 2 aromatic rings. The summed E-state index contributed by atoms with van der Waals surface area (Å²) in [4.78, 5) is 77.9. The molecular formula is C43H64N8O8. The van der Waals surface area contributed by atoms with Crippen molar-refractivity contribution in [1.82, 2.24) is 34.5 Å². The van der Waals surface area contributed by atoms with E-state index in [1.165, 1.54) is 28.7 Å². The molecule has 324 valence electrons. The summed E-state index contributed by atoms with van der Waals surface area (Å²) in [6.45, 7) is 20.9. The van der Waals surface area contributed by atoms with Crippen LogP contribution in [0.1, 0.15) is 107 Å². The Labute approximate surface area is 347 Å². The number of amides is 5. The first-order valence-electron chi connectivity index (χ1n) is 20.9. The van der Waals surface area contributed by atoms with Crippen molar-refractivity contribution in [3.05, 3.63) is 52.6 Å². The first kappa shape index (κ1) is 43.9. The maximum atomic E-state index is 14.1. The predicted molar refractivity (Wildman–Crippen MR) is 222 cm³/mol. The van der Waals surface area contributed by atoms with Crippen LogP contribution in [-0.4, -0.2) is 122 Å². The molecule has 4 fully saturated rings. The van der Waals surface area contributed by atoms with E-state index in [0.717, 1.165) is 24.9 Å². The van der Waals surface area contributed by atoms with E-state index in [1.54, 1.807) is 49.8 Å². The van der Waals surface area contributed by atoms with Crippen LogP contribution in [0.25, 0.3) is 5.69 Å². The van der Waals surface area contributed by atoms with E-state index in [2.05, 4.69) is 20.5 Å². The van der Waals surface area contributed by atoms with Crippen LogP contribution in [0.4, 0.5) is 20.2 Å². The zero-order chi connectivity index (χ0) is 43.1. The standard InChI is InChI=1S/C43H64N8O8/c1-39(2,3)34-51(38(56)59-41(7,8)9)42(10,28-57-34)33(52)47-22-24-48(25-23-47)35(53)44-31-16-20-50(36(54)45-31)30-14-12-29(13-15-30)27-49-21-19-43(17-11-18-43)26-32(49)46-37(55)58-40(4,5)6/h12-16,20,32,34H,11,17-19,21-28H2,1-10H3,(H,46,55)(H,44,45,53,54)/t32?,34-,42+/m0/s1. The molecule has 0 bridgehead atoms. The van der Waals surface area contributed by atoms with E-state index >= 15 is 0 Å². The molecule has 6 rings (SSSR count). The summed E-state index contributed by atoms with van der Waals surface area (Å²) in [6.07, 6.45) is 5.36. The van der Waals surface area contributed by atoms with Crippen molar-refractivity contribution >= 4 is 29.9 Å². The topological polar surface area (TPSA) is 168 Å². The normalized spacial score (nSPS) is 23.7. The number of urea groups is 1. The van der Waals surface area contributed by atoms with Gasteiger partial charge in [-0.2, -0.15) is 4.98 Å². The van der Waals surface area contributed by atoms with Crippen molar-refractivity contribution in [3.8, 4) is 5.69 Å². The van der Waals surface area contributed by atoms with E-state index in [0.29, 0.717) is 17.6 Å². The van der Waals surface area contributed by atoms with Crippen LogP contribution in [0.2, 0.25) is 0 Å². The average Bonchev–Trinajstić information content (AvgIpc) is 3.49. The van der Waals surface area contributed by atoms with Crippen LogP contribution in [0.5, 0.6) is 0 Å². The molecule has 16 nitrogen and oxygen atoms in total. The Morgan fingerprint density at radius 1 is 0.847 bits per heavy atom. The van der Waals surface area contributed by atoms with E-state index < -0.39 is 52.3 Å². The summed E-state index contributed by atoms with van der Waals surface area (Å²) >= 11 is 0. The van der Waals surface area contributed by atoms with E-state index in [4.69, 9.17) is 14.2 Å². The van der Waals surface area contributed by atoms with Gasteiger partial charge in [0.1, 0.15) is 28.8 Å². The smallest absolute Gasteiger partial charge is 0.413 e. The number of carbonyl (C=O) groups is 4. The van der Waals surface area contributed by atoms with Gasteiger partial charge in [-0.1, -0.05) is 39.3 Å². The number of benzene rings is 1. The van der Waals surface area contributed by atoms with Gasteiger partial charge in [-0.3, -0.25) is 24.5 Å². The minimum atomic E-state index is -1.30. The maximum absolute atomic E-state index is 14.1. The van der Waals surface area contributed by atoms with Crippen molar-refractivity contribution in [3.63, 3.8) is 0 Å². The number of nitrogens with one attached hydrogen (secondary N) is 2. The molecule has 0 radical (unpaired) electrons. The Hall–Kier alpha value is -4.70. The van der Waals surface area contributed by atoms with E-state index in [1.807, 2.05) is 65.8 Å². The molecule has 1 aromatic heterocycles. The zero-order valence-corrected chi connectivity index (χ0v) is 36.6. The fourth-order valence-electron chi connectivity index (χ4n) is 8.45. The Kier molecular flexibility index (Phi) is 12.2. The molecule has 59 heavy (non-hydrogen) atoms. The second kappa shape index (κ2) is 16.4. The SMILES string of the molecule is CC(C)(C)OC(=O)NC1CC2(CCC2)CCN1Cc1ccc(-n2ccc(NC(=O)N3CCN(C(=O)[C@@]4(C)CO[C@@H](C(C)(C)C)N4C(=O)OC(C)(C)C)CC3)nc2=O)cc1. The number of piperazine rings is 1. The fourth-order valence-corrected chi connectivity index (χ4v) is 8.45. The Morgan fingerprint density at radius 3 is 2.03 bits per heavy atom. The number of anilines is 1. The van der Waals surface area contributed by atoms with Crippen LogP contribution in [0.15, 0.2) is 41.3 Å². The van der Waals surface area contributed by atoms with Crippen LogP contribution in [0.3, 0.4) is 0 Å². The second-order valence-corrected chi connectivity index (χ2v) is 19.9. The Balaban J connectivity index is 1.04. The molecule has 1 aromatic carbocycles. The summed E-state index contributed by atoms with van der Waals surface area (Å²) in [6, 6.07) is 8.79. The third-order valence-electron chi connectivity index (χ3n) is 11.7. The van der Waals surface area contributed by atoms with E-state index in [9.17, 15) is 24.0 Å². The van der Waals surface area contributed by atoms with Gasteiger partial charge in [-0.25, -0.2) is 19.2 Å². The highest BCUT2D eigenvalue weighted by molar-refractivity contribution is 5.91. The molecule has 1 spiro atoms. The number of ether oxygens (including phenoxy) is 3. The number of aromatic nitrogens is 2. The van der Waals surface area contributed by atoms with E-state index in [-0.39, 0.29) is 50.7 Å². The van der Waals surface area contributed by atoms with Gasteiger partial charge in [0.05, 0.1) is 18.5 Å². The number of piperidine rings is 1. The van der Waals surface area contributed by atoms with Gasteiger partial charge >= 0.3 is 23.9 Å². The fraction of sp³-hybridized carbons (Fsp3) is 0.674. The van der Waals surface area contributed by atoms with Gasteiger partial charge in [0.25, 0.3) is 5.91 Å². The molecule has 1 saturated carbocycles. The van der Waals surface area contributed by atoms with Crippen molar-refractivity contribution in [2.75, 3.05) is 44.6 Å². The predicted octanol–water partition coefficient (Wildman–Crippen LogP) is 5.92. The number of carbonyl (C=O) groups excluding carboxylic acids is 4. The molecule has 4 aliphatic rings. The lowest BCUT2D eigenvalue weighted by atomic mass is 9.62. The number of alkyl carbamates (subject to hydrolysis) is 1. The summed E-state index contributed by atoms with van der Waals surface area (Å²) in [5, 5.41) is 5.86. The van der Waals surface area contributed by atoms with Crippen LogP contribution < -0.4 is 16.3 Å². The van der Waals surface area contributed by atoms with Gasteiger partial charge in [0, 0.05) is 50.9 Å². The summed E-state index contributed by atoms with van der Waals surface area (Å²) in [5.41, 5.74) is -1.71. The quantitative estimate of drug-likeness (QED) is 0.357. The lowest BCUT2D eigenvalue weighted by molar-refractivity contribution is -0.144. The van der Waals surface area contributed by atoms with Crippen molar-refractivity contribution in [1.29, 1.82) is 0 Å². The van der Waals surface area contributed by atoms with Gasteiger partial charge in [-0.05, 0) is 103 Å². The number of nitrogens with zero attached hydrogens (tertiary/aromatic N) is 6. The largest absolute Gasteiger partial charge is 0.444 e. The molecule has 3 atom stereocenters. The van der Waals surface area contributed by atoms with Crippen LogP contribution >= 0.6 is 0 Å². The van der Waals surface area contributed by atoms with Crippen molar-refractivity contribution in [2.24, 2.45) is 10.8 Å². The maximum Gasteiger partial charge on any atom is 0.413 e. The lowest BCUT2D eigenvalue weighted by Crippen LogP contribution is -2.64. The molecule has 5 amide bonds. The van der Waals surface area contributed by atoms with Gasteiger partial charge in [0.2, 0.25) is 0 Å². The molecule has 3 saturated heterocycles. The highest BCUT2D eigenvalue weighted by Gasteiger charge is 2.57. The second-order valence-electron chi connectivity index (χ2n) is 19.9. The minimum Gasteiger partial charge on any atom is -0.444 e. The third kappa shape index (κ3) is 10.2. The summed E-state index contributed by atoms with van der Waals surface area (Å²) in [5.74, 6) is -0.165. The van der Waals surface area contributed by atoms with Gasteiger partial charge in [-0.15, -0.1) is 0 Å². The zero-order valence-electron chi connectivity index (χ0n) is 36.6. The molecule has 4 heterocycles. The third-order valence-corrected chi connectivity index (χ3v) is 11.7. The monoisotopic (exact) mass is 820 g/mol. The molecule has 2 N–H and O–H groups in total. The molecular weight excluding hydrogens is 757 g/mol. The molecule has 1 unspecified atom stereocenters. The number of likely N-dealkylation sites (tertiary alicyclic amines) is 1. The number of rotatable bonds is 6. The first-order chi connectivity index (χ1) is 27.5. The van der Waals surface area contributed by atoms with Crippen molar-refractivity contribution < 1.29 is 33.4 Å². The molecule has 1 aliphatic carbocycles. The minimum absolute atomic E-state index is 0.0176. The summed E-state index contributed by atoms with van der Waals surface area (Å²) < 4.78 is 18.8. The Bertz CT molecular complexity index is 1940. The van der Waals surface area contributed by atoms with Gasteiger partial charge < -0.3 is 29.3 Å². The lowest BCUT2D eigenvalue weighted by Gasteiger charge is -2.51. The average molecular weight is 821 g/mol. The number of hydrogen-bond donors (Lipinski definition) is 2. The number of hydrogen-bond acceptors (Lipinski definition) is 10. The van der Waals surface area contributed by atoms with Crippen LogP contribution in [0, 0.1) is 10.8 Å². The highest BCUT2D eigenvalue weighted by atomic mass is 16.6. The first-order valence-corrected chi connectivity index (χ1v) is 20.9.